The van der Waals surface area contributed by atoms with Crippen molar-refractivity contribution in [1.29, 1.82) is 0 Å². The Morgan fingerprint density at radius 1 is 1.04 bits per heavy atom. The molecule has 0 spiro atoms. The fraction of sp³-hybridized carbons (Fsp3) is 0.368. The minimum absolute atomic E-state index is 0. The number of aromatic carboxylic acids is 1. The first kappa shape index (κ1) is 24.5. The number of nitrogens with two attached hydrogens (primary N) is 3. The summed E-state index contributed by atoms with van der Waals surface area (Å²) in [5.41, 5.74) is 18.7. The summed E-state index contributed by atoms with van der Waals surface area (Å²) in [6.45, 7) is 10.3. The van der Waals surface area contributed by atoms with Gasteiger partial charge in [0.05, 0.1) is 11.3 Å². The van der Waals surface area contributed by atoms with E-state index in [1.165, 1.54) is 12.1 Å². The standard InChI is InChI=1S/C9H15N3.C7H7NO2.C2H6.CH4/c1-9(2,3)7-5-4-6(10)8(11)12-7;8-6-3-1-2-5(4-6)7(9)10;1-2;/h4-5H,10H2,1-3H3,(H2,11,12);1-4H,8H2,(H,9,10);1-2H3;1H4. The van der Waals surface area contributed by atoms with E-state index in [1.807, 2.05) is 19.9 Å². The normalized spacial score (nSPS) is 9.48. The molecule has 0 aliphatic carbocycles. The SMILES string of the molecule is C.CC.CC(C)(C)c1ccc(N)c(N)n1.Nc1cccc(C(=O)O)c1. The number of benzene rings is 1. The number of hydrogen-bond donors (Lipinski definition) is 4. The summed E-state index contributed by atoms with van der Waals surface area (Å²) in [5.74, 6) is -0.533. The van der Waals surface area contributed by atoms with Crippen LogP contribution in [0.4, 0.5) is 17.2 Å². The highest BCUT2D eigenvalue weighted by Crippen LogP contribution is 2.22. The van der Waals surface area contributed by atoms with E-state index in [4.69, 9.17) is 22.3 Å². The van der Waals surface area contributed by atoms with Gasteiger partial charge in [-0.15, -0.1) is 0 Å². The van der Waals surface area contributed by atoms with Crippen LogP contribution in [-0.4, -0.2) is 16.1 Å². The second-order valence-electron chi connectivity index (χ2n) is 5.85. The van der Waals surface area contributed by atoms with Crippen LogP contribution in [0.3, 0.4) is 0 Å². The van der Waals surface area contributed by atoms with Gasteiger partial charge in [0.1, 0.15) is 5.82 Å². The minimum Gasteiger partial charge on any atom is -0.478 e. The van der Waals surface area contributed by atoms with E-state index in [1.54, 1.807) is 18.2 Å². The number of nitrogen functional groups attached to an aromatic ring is 3. The van der Waals surface area contributed by atoms with E-state index in [0.29, 0.717) is 17.2 Å². The Bertz CT molecular complexity index is 665. The molecular weight excluding hydrogens is 316 g/mol. The van der Waals surface area contributed by atoms with Crippen molar-refractivity contribution in [3.8, 4) is 0 Å². The molecule has 0 amide bonds. The van der Waals surface area contributed by atoms with Gasteiger partial charge in [0, 0.05) is 16.8 Å². The highest BCUT2D eigenvalue weighted by atomic mass is 16.4. The van der Waals surface area contributed by atoms with Gasteiger partial charge in [-0.1, -0.05) is 48.1 Å². The zero-order valence-corrected chi connectivity index (χ0v) is 15.0. The van der Waals surface area contributed by atoms with Crippen LogP contribution in [0.1, 0.15) is 58.1 Å². The van der Waals surface area contributed by atoms with E-state index < -0.39 is 5.97 Å². The first-order valence-electron chi connectivity index (χ1n) is 7.72. The summed E-state index contributed by atoms with van der Waals surface area (Å²) in [6.07, 6.45) is 0. The first-order valence-corrected chi connectivity index (χ1v) is 7.72. The molecule has 6 heteroatoms. The maximum atomic E-state index is 10.3. The van der Waals surface area contributed by atoms with Crippen LogP contribution in [0.2, 0.25) is 0 Å². The van der Waals surface area contributed by atoms with Crippen molar-refractivity contribution in [1.82, 2.24) is 4.98 Å². The number of pyridine rings is 1. The molecule has 2 rings (SSSR count). The molecule has 6 nitrogen and oxygen atoms in total. The van der Waals surface area contributed by atoms with Crippen molar-refractivity contribution in [2.24, 2.45) is 0 Å². The lowest BCUT2D eigenvalue weighted by Gasteiger charge is -2.18. The lowest BCUT2D eigenvalue weighted by Crippen LogP contribution is -2.14. The molecule has 1 aromatic heterocycles. The van der Waals surface area contributed by atoms with Crippen LogP contribution in [-0.2, 0) is 5.41 Å². The summed E-state index contributed by atoms with van der Waals surface area (Å²) < 4.78 is 0. The Morgan fingerprint density at radius 3 is 1.96 bits per heavy atom. The number of carboxylic acids is 1. The molecule has 0 radical (unpaired) electrons. The van der Waals surface area contributed by atoms with Crippen molar-refractivity contribution in [3.63, 3.8) is 0 Å². The number of anilines is 3. The highest BCUT2D eigenvalue weighted by Gasteiger charge is 2.15. The van der Waals surface area contributed by atoms with Gasteiger partial charge in [-0.05, 0) is 30.3 Å². The molecule has 0 saturated carbocycles. The molecule has 0 aliphatic heterocycles. The maximum absolute atomic E-state index is 10.3. The van der Waals surface area contributed by atoms with Crippen LogP contribution in [0.25, 0.3) is 0 Å². The first-order chi connectivity index (χ1) is 11.1. The molecule has 0 aliphatic rings. The summed E-state index contributed by atoms with van der Waals surface area (Å²) in [6, 6.07) is 9.88. The molecule has 0 unspecified atom stereocenters. The highest BCUT2D eigenvalue weighted by molar-refractivity contribution is 5.88. The number of aromatic nitrogens is 1. The third-order valence-corrected chi connectivity index (χ3v) is 2.86. The summed E-state index contributed by atoms with van der Waals surface area (Å²) >= 11 is 0. The van der Waals surface area contributed by atoms with Gasteiger partial charge in [-0.25, -0.2) is 9.78 Å². The van der Waals surface area contributed by atoms with E-state index in [2.05, 4.69) is 25.8 Å². The largest absolute Gasteiger partial charge is 0.478 e. The van der Waals surface area contributed by atoms with E-state index >= 15 is 0 Å². The molecule has 0 saturated heterocycles. The van der Waals surface area contributed by atoms with Crippen LogP contribution < -0.4 is 17.2 Å². The van der Waals surface area contributed by atoms with Gasteiger partial charge in [0.25, 0.3) is 0 Å². The minimum atomic E-state index is -0.952. The maximum Gasteiger partial charge on any atom is 0.335 e. The van der Waals surface area contributed by atoms with Crippen molar-refractivity contribution in [3.05, 3.63) is 47.7 Å². The van der Waals surface area contributed by atoms with E-state index in [0.717, 1.165) is 5.69 Å². The second-order valence-corrected chi connectivity index (χ2v) is 5.85. The topological polar surface area (TPSA) is 128 Å². The van der Waals surface area contributed by atoms with Crippen LogP contribution in [0.15, 0.2) is 36.4 Å². The number of carboxylic acid groups (broad SMARTS) is 1. The predicted octanol–water partition coefficient (Wildman–Crippen LogP) is 4.17. The average Bonchev–Trinajstić information content (AvgIpc) is 2.51. The van der Waals surface area contributed by atoms with Gasteiger partial charge in [0.15, 0.2) is 0 Å². The molecule has 140 valence electrons. The van der Waals surface area contributed by atoms with E-state index in [9.17, 15) is 4.79 Å². The van der Waals surface area contributed by atoms with Crippen molar-refractivity contribution in [2.75, 3.05) is 17.2 Å². The van der Waals surface area contributed by atoms with Gasteiger partial charge < -0.3 is 22.3 Å². The Hall–Kier alpha value is -2.76. The van der Waals surface area contributed by atoms with Crippen molar-refractivity contribution in [2.45, 2.75) is 47.5 Å². The lowest BCUT2D eigenvalue weighted by atomic mass is 9.91. The fourth-order valence-electron chi connectivity index (χ4n) is 1.58. The Kier molecular flexibility index (Phi) is 10.7. The zero-order chi connectivity index (χ0) is 18.9. The molecule has 1 heterocycles. The van der Waals surface area contributed by atoms with Crippen LogP contribution in [0, 0.1) is 0 Å². The molecule has 7 N–H and O–H groups in total. The average molecular weight is 348 g/mol. The Balaban J connectivity index is 0. The molecule has 0 atom stereocenters. The third kappa shape index (κ3) is 8.60. The molecular formula is C19H32N4O2. The van der Waals surface area contributed by atoms with Gasteiger partial charge in [-0.2, -0.15) is 0 Å². The second kappa shape index (κ2) is 10.9. The monoisotopic (exact) mass is 348 g/mol. The molecule has 0 fully saturated rings. The summed E-state index contributed by atoms with van der Waals surface area (Å²) in [7, 11) is 0. The molecule has 25 heavy (non-hydrogen) atoms. The third-order valence-electron chi connectivity index (χ3n) is 2.86. The number of carbonyl (C=O) groups is 1. The molecule has 1 aromatic carbocycles. The number of rotatable bonds is 1. The van der Waals surface area contributed by atoms with Gasteiger partial charge >= 0.3 is 5.97 Å². The van der Waals surface area contributed by atoms with Crippen molar-refractivity contribution >= 4 is 23.2 Å². The Morgan fingerprint density at radius 2 is 1.60 bits per heavy atom. The van der Waals surface area contributed by atoms with Crippen LogP contribution in [0.5, 0.6) is 0 Å². The summed E-state index contributed by atoms with van der Waals surface area (Å²) in [5, 5.41) is 8.45. The zero-order valence-electron chi connectivity index (χ0n) is 15.0. The lowest BCUT2D eigenvalue weighted by molar-refractivity contribution is 0.0697. The van der Waals surface area contributed by atoms with E-state index in [-0.39, 0.29) is 18.4 Å². The molecule has 0 bridgehead atoms. The number of nitrogens with zero attached hydrogens (tertiary/aromatic N) is 1. The summed E-state index contributed by atoms with van der Waals surface area (Å²) in [4.78, 5) is 14.5. The van der Waals surface area contributed by atoms with Crippen molar-refractivity contribution < 1.29 is 9.90 Å². The van der Waals surface area contributed by atoms with Crippen LogP contribution >= 0.6 is 0 Å². The molecule has 2 aromatic rings. The smallest absolute Gasteiger partial charge is 0.335 e. The quantitative estimate of drug-likeness (QED) is 0.572. The predicted molar refractivity (Wildman–Crippen MR) is 108 cm³/mol. The Labute approximate surface area is 151 Å². The fourth-order valence-corrected chi connectivity index (χ4v) is 1.58. The van der Waals surface area contributed by atoms with Gasteiger partial charge in [-0.3, -0.25) is 0 Å². The number of hydrogen-bond acceptors (Lipinski definition) is 5. The van der Waals surface area contributed by atoms with Gasteiger partial charge in [0.2, 0.25) is 0 Å².